The zero-order valence-corrected chi connectivity index (χ0v) is 12.6. The highest BCUT2D eigenvalue weighted by Gasteiger charge is 2.18. The fraction of sp³-hybridized carbons (Fsp3) is 0.286. The van der Waals surface area contributed by atoms with Gasteiger partial charge < -0.3 is 5.32 Å². The van der Waals surface area contributed by atoms with Crippen molar-refractivity contribution < 1.29 is 4.79 Å². The molecule has 0 bridgehead atoms. The largest absolute Gasteiger partial charge is 0.324 e. The van der Waals surface area contributed by atoms with Crippen LogP contribution >= 0.6 is 11.8 Å². The van der Waals surface area contributed by atoms with Gasteiger partial charge in [-0.2, -0.15) is 5.26 Å². The molecule has 6 nitrogen and oxygen atoms in total. The second-order valence-corrected chi connectivity index (χ2v) is 5.63. The maximum absolute atomic E-state index is 12.2. The van der Waals surface area contributed by atoms with Crippen molar-refractivity contribution in [3.8, 4) is 6.07 Å². The van der Waals surface area contributed by atoms with E-state index in [1.807, 2.05) is 13.0 Å². The number of rotatable bonds is 5. The standard InChI is InChI=1S/C14H15N5OS/c1-3-12-17-14(19-18-12)21-9(2)13(20)16-11-7-5-4-6-10(11)8-15/h4-7,9H,3H2,1-2H3,(H,16,20)(H,17,18,19)/t9-/m1/s1. The summed E-state index contributed by atoms with van der Waals surface area (Å²) in [5.74, 6) is 0.602. The molecule has 1 heterocycles. The molecule has 1 amide bonds. The van der Waals surface area contributed by atoms with Gasteiger partial charge in [-0.05, 0) is 19.1 Å². The quantitative estimate of drug-likeness (QED) is 0.827. The van der Waals surface area contributed by atoms with E-state index in [-0.39, 0.29) is 11.2 Å². The first-order valence-electron chi connectivity index (χ1n) is 6.52. The Hall–Kier alpha value is -2.33. The van der Waals surface area contributed by atoms with Gasteiger partial charge in [-0.3, -0.25) is 9.89 Å². The molecule has 0 aliphatic heterocycles. The van der Waals surface area contributed by atoms with Gasteiger partial charge in [0.25, 0.3) is 0 Å². The average molecular weight is 301 g/mol. The molecule has 0 saturated carbocycles. The van der Waals surface area contributed by atoms with Crippen molar-refractivity contribution >= 4 is 23.4 Å². The summed E-state index contributed by atoms with van der Waals surface area (Å²) in [5.41, 5.74) is 0.955. The SMILES string of the molecule is CCc1nc(S[C@H](C)C(=O)Nc2ccccc2C#N)n[nH]1. The first-order chi connectivity index (χ1) is 10.1. The van der Waals surface area contributed by atoms with E-state index in [4.69, 9.17) is 5.26 Å². The van der Waals surface area contributed by atoms with Crippen LogP contribution in [0.2, 0.25) is 0 Å². The third-order valence-electron chi connectivity index (χ3n) is 2.80. The lowest BCUT2D eigenvalue weighted by Gasteiger charge is -2.11. The number of nitrogens with zero attached hydrogens (tertiary/aromatic N) is 3. The number of aromatic amines is 1. The van der Waals surface area contributed by atoms with Crippen molar-refractivity contribution in [1.82, 2.24) is 15.2 Å². The summed E-state index contributed by atoms with van der Waals surface area (Å²) >= 11 is 1.27. The number of H-pyrrole nitrogens is 1. The van der Waals surface area contributed by atoms with E-state index >= 15 is 0 Å². The topological polar surface area (TPSA) is 94.5 Å². The Morgan fingerprint density at radius 2 is 2.29 bits per heavy atom. The van der Waals surface area contributed by atoms with Gasteiger partial charge in [0.05, 0.1) is 16.5 Å². The van der Waals surface area contributed by atoms with Crippen LogP contribution in [0.5, 0.6) is 0 Å². The van der Waals surface area contributed by atoms with E-state index in [0.717, 1.165) is 12.2 Å². The normalized spacial score (nSPS) is 11.7. The molecular formula is C14H15N5OS. The Morgan fingerprint density at radius 3 is 2.95 bits per heavy atom. The van der Waals surface area contributed by atoms with Gasteiger partial charge in [0.15, 0.2) is 0 Å². The minimum Gasteiger partial charge on any atom is -0.324 e. The van der Waals surface area contributed by atoms with Crippen molar-refractivity contribution in [1.29, 1.82) is 5.26 Å². The van der Waals surface area contributed by atoms with Crippen LogP contribution in [0.3, 0.4) is 0 Å². The first kappa shape index (κ1) is 15.1. The van der Waals surface area contributed by atoms with Crippen molar-refractivity contribution in [3.05, 3.63) is 35.7 Å². The lowest BCUT2D eigenvalue weighted by Crippen LogP contribution is -2.23. The summed E-state index contributed by atoms with van der Waals surface area (Å²) in [6.45, 7) is 3.75. The first-order valence-corrected chi connectivity index (χ1v) is 7.40. The third kappa shape index (κ3) is 3.83. The van der Waals surface area contributed by atoms with Crippen LogP contribution in [0.1, 0.15) is 25.2 Å². The Balaban J connectivity index is 2.01. The summed E-state index contributed by atoms with van der Waals surface area (Å²) < 4.78 is 0. The Kier molecular flexibility index (Phi) is 4.95. The number of benzene rings is 1. The molecule has 2 N–H and O–H groups in total. The second kappa shape index (κ2) is 6.90. The Morgan fingerprint density at radius 1 is 1.52 bits per heavy atom. The molecule has 2 rings (SSSR count). The fourth-order valence-electron chi connectivity index (χ4n) is 1.62. The van der Waals surface area contributed by atoms with E-state index in [2.05, 4.69) is 20.5 Å². The zero-order chi connectivity index (χ0) is 15.2. The predicted octanol–water partition coefficient (Wildman–Crippen LogP) is 2.36. The number of carbonyl (C=O) groups is 1. The third-order valence-corrected chi connectivity index (χ3v) is 3.76. The van der Waals surface area contributed by atoms with Crippen LogP contribution in [-0.2, 0) is 11.2 Å². The highest BCUT2D eigenvalue weighted by atomic mass is 32.2. The van der Waals surface area contributed by atoms with E-state index in [1.54, 1.807) is 31.2 Å². The van der Waals surface area contributed by atoms with Gasteiger partial charge in [-0.1, -0.05) is 30.8 Å². The van der Waals surface area contributed by atoms with Crippen LogP contribution in [0.15, 0.2) is 29.4 Å². The maximum atomic E-state index is 12.2. The molecule has 21 heavy (non-hydrogen) atoms. The van der Waals surface area contributed by atoms with Gasteiger partial charge >= 0.3 is 0 Å². The number of nitriles is 1. The molecule has 0 fully saturated rings. The minimum atomic E-state index is -0.364. The Labute approximate surface area is 127 Å². The van der Waals surface area contributed by atoms with Crippen LogP contribution < -0.4 is 5.32 Å². The number of hydrogen-bond donors (Lipinski definition) is 2. The summed E-state index contributed by atoms with van der Waals surface area (Å²) in [4.78, 5) is 16.4. The van der Waals surface area contributed by atoms with Gasteiger partial charge in [-0.15, -0.1) is 5.10 Å². The molecular weight excluding hydrogens is 286 g/mol. The molecule has 1 atom stereocenters. The number of para-hydroxylation sites is 1. The molecule has 108 valence electrons. The number of nitrogens with one attached hydrogen (secondary N) is 2. The number of hydrogen-bond acceptors (Lipinski definition) is 5. The predicted molar refractivity (Wildman–Crippen MR) is 80.9 cm³/mol. The lowest BCUT2D eigenvalue weighted by atomic mass is 10.2. The molecule has 1 aromatic carbocycles. The van der Waals surface area contributed by atoms with Crippen molar-refractivity contribution in [2.75, 3.05) is 5.32 Å². The number of aromatic nitrogens is 3. The lowest BCUT2D eigenvalue weighted by molar-refractivity contribution is -0.115. The highest BCUT2D eigenvalue weighted by molar-refractivity contribution is 8.00. The van der Waals surface area contributed by atoms with Gasteiger partial charge in [0, 0.05) is 6.42 Å². The molecule has 0 aliphatic carbocycles. The summed E-state index contributed by atoms with van der Waals surface area (Å²) in [6, 6.07) is 8.95. The van der Waals surface area contributed by atoms with Gasteiger partial charge in [0.2, 0.25) is 11.1 Å². The maximum Gasteiger partial charge on any atom is 0.237 e. The number of amides is 1. The molecule has 0 radical (unpaired) electrons. The monoisotopic (exact) mass is 301 g/mol. The van der Waals surface area contributed by atoms with Crippen molar-refractivity contribution in [3.63, 3.8) is 0 Å². The van der Waals surface area contributed by atoms with Crippen LogP contribution in [0.4, 0.5) is 5.69 Å². The van der Waals surface area contributed by atoms with Crippen LogP contribution in [-0.4, -0.2) is 26.3 Å². The molecule has 0 unspecified atom stereocenters. The van der Waals surface area contributed by atoms with Gasteiger partial charge in [0.1, 0.15) is 11.9 Å². The number of carbonyl (C=O) groups excluding carboxylic acids is 1. The smallest absolute Gasteiger partial charge is 0.237 e. The molecule has 0 saturated heterocycles. The zero-order valence-electron chi connectivity index (χ0n) is 11.8. The molecule has 2 aromatic rings. The minimum absolute atomic E-state index is 0.189. The highest BCUT2D eigenvalue weighted by Crippen LogP contribution is 2.21. The molecule has 1 aromatic heterocycles. The second-order valence-electron chi connectivity index (χ2n) is 4.32. The van der Waals surface area contributed by atoms with Crippen molar-refractivity contribution in [2.24, 2.45) is 0 Å². The van der Waals surface area contributed by atoms with Crippen LogP contribution in [0, 0.1) is 11.3 Å². The molecule has 0 spiro atoms. The fourth-order valence-corrected chi connectivity index (χ4v) is 2.37. The van der Waals surface area contributed by atoms with E-state index in [9.17, 15) is 4.79 Å². The summed E-state index contributed by atoms with van der Waals surface area (Å²) in [5, 5.41) is 18.8. The summed E-state index contributed by atoms with van der Waals surface area (Å²) in [7, 11) is 0. The van der Waals surface area contributed by atoms with E-state index < -0.39 is 0 Å². The van der Waals surface area contributed by atoms with E-state index in [0.29, 0.717) is 16.4 Å². The van der Waals surface area contributed by atoms with Crippen LogP contribution in [0.25, 0.3) is 0 Å². The van der Waals surface area contributed by atoms with E-state index in [1.165, 1.54) is 11.8 Å². The van der Waals surface area contributed by atoms with Gasteiger partial charge in [-0.25, -0.2) is 4.98 Å². The summed E-state index contributed by atoms with van der Waals surface area (Å²) in [6.07, 6.45) is 0.768. The Bertz CT molecular complexity index is 676. The average Bonchev–Trinajstić information content (AvgIpc) is 2.95. The number of anilines is 1. The number of aryl methyl sites for hydroxylation is 1. The van der Waals surface area contributed by atoms with Crippen molar-refractivity contribution in [2.45, 2.75) is 30.7 Å². The molecule has 0 aliphatic rings. The molecule has 7 heteroatoms. The number of thioether (sulfide) groups is 1.